The summed E-state index contributed by atoms with van der Waals surface area (Å²) in [6.45, 7) is 11.3. The molecule has 1 aliphatic heterocycles. The molecule has 10 atom stereocenters. The number of carbonyl (C=O) groups is 4. The van der Waals surface area contributed by atoms with Gasteiger partial charge in [0.15, 0.2) is 6.10 Å². The first-order chi connectivity index (χ1) is 18.3. The van der Waals surface area contributed by atoms with E-state index >= 15 is 0 Å². The third-order valence-corrected chi connectivity index (χ3v) is 9.72. The molecule has 0 aromatic rings. The molecule has 12 heteroatoms. The fourth-order valence-corrected chi connectivity index (χ4v) is 7.73. The second-order valence-electron chi connectivity index (χ2n) is 12.4. The highest BCUT2D eigenvalue weighted by Gasteiger charge is 2.78. The number of hydrogen-bond donors (Lipinski definition) is 3. The molecule has 0 aromatic heterocycles. The van der Waals surface area contributed by atoms with Crippen LogP contribution in [0.1, 0.15) is 68.2 Å². The molecular formula is C28H40O12. The molecule has 2 bridgehead atoms. The molecule has 0 radical (unpaired) electrons. The fraction of sp³-hybridized carbons (Fsp3) is 0.786. The topological polar surface area (TPSA) is 178 Å². The summed E-state index contributed by atoms with van der Waals surface area (Å²) in [5, 5.41) is 36.6. The molecule has 1 heterocycles. The van der Waals surface area contributed by atoms with Crippen LogP contribution in [-0.2, 0) is 42.9 Å². The molecule has 0 aromatic carbocycles. The first-order valence-corrected chi connectivity index (χ1v) is 13.5. The minimum atomic E-state index is -2.01. The largest absolute Gasteiger partial charge is 0.459 e. The van der Waals surface area contributed by atoms with Crippen LogP contribution < -0.4 is 0 Å². The van der Waals surface area contributed by atoms with Crippen molar-refractivity contribution >= 4 is 23.9 Å². The van der Waals surface area contributed by atoms with Gasteiger partial charge in [-0.2, -0.15) is 0 Å². The van der Waals surface area contributed by atoms with Gasteiger partial charge in [-0.3, -0.25) is 19.2 Å². The average Bonchev–Trinajstić information content (AvgIpc) is 3.59. The summed E-state index contributed by atoms with van der Waals surface area (Å²) in [5.41, 5.74) is -5.57. The zero-order valence-electron chi connectivity index (χ0n) is 24.2. The normalized spacial score (nSPS) is 43.5. The van der Waals surface area contributed by atoms with Crippen molar-refractivity contribution in [2.24, 2.45) is 16.7 Å². The van der Waals surface area contributed by atoms with Crippen molar-refractivity contribution in [2.45, 2.75) is 116 Å². The number of fused-ring (bicyclic) bond motifs is 4. The SMILES string of the molecule is CC(=O)O[C@H]1C[C@@]2(O)[C@@H](OC(C)=O)[C@@H]3[C@]4(CO4)[C@@H](OC(C)=O)C[C@H](O)[C@@]3(C)[C@@H](O)[C@H](OC(C)=O)C(=C1C)C2(C)C. The van der Waals surface area contributed by atoms with Gasteiger partial charge >= 0.3 is 23.9 Å². The van der Waals surface area contributed by atoms with Gasteiger partial charge in [-0.05, 0) is 18.1 Å². The number of aliphatic hydroxyl groups excluding tert-OH is 2. The van der Waals surface area contributed by atoms with Crippen LogP contribution in [0.4, 0.5) is 0 Å². The van der Waals surface area contributed by atoms with Gasteiger partial charge in [0.1, 0.15) is 35.6 Å². The number of hydrogen-bond acceptors (Lipinski definition) is 12. The van der Waals surface area contributed by atoms with Crippen molar-refractivity contribution in [3.63, 3.8) is 0 Å². The third-order valence-electron chi connectivity index (χ3n) is 9.72. The van der Waals surface area contributed by atoms with Crippen LogP contribution in [0.2, 0.25) is 0 Å². The predicted octanol–water partition coefficient (Wildman–Crippen LogP) is 0.721. The van der Waals surface area contributed by atoms with Gasteiger partial charge in [-0.15, -0.1) is 0 Å². The maximum absolute atomic E-state index is 12.8. The molecule has 3 aliphatic carbocycles. The van der Waals surface area contributed by atoms with Crippen LogP contribution in [0.3, 0.4) is 0 Å². The summed E-state index contributed by atoms with van der Waals surface area (Å²) in [6, 6.07) is 0. The lowest BCUT2D eigenvalue weighted by Gasteiger charge is -2.64. The Labute approximate surface area is 232 Å². The minimum Gasteiger partial charge on any atom is -0.459 e. The van der Waals surface area contributed by atoms with Crippen molar-refractivity contribution in [1.82, 2.24) is 0 Å². The summed E-state index contributed by atoms with van der Waals surface area (Å²) in [6.07, 6.45) is -8.18. The lowest BCUT2D eigenvalue weighted by atomic mass is 9.45. The minimum absolute atomic E-state index is 0.0201. The van der Waals surface area contributed by atoms with E-state index in [1.807, 2.05) is 0 Å². The van der Waals surface area contributed by atoms with Crippen LogP contribution in [0.15, 0.2) is 11.1 Å². The molecule has 0 unspecified atom stereocenters. The average molecular weight is 569 g/mol. The predicted molar refractivity (Wildman–Crippen MR) is 135 cm³/mol. The Kier molecular flexibility index (Phi) is 7.44. The van der Waals surface area contributed by atoms with E-state index in [1.54, 1.807) is 27.7 Å². The van der Waals surface area contributed by atoms with Crippen LogP contribution in [0, 0.1) is 16.7 Å². The summed E-state index contributed by atoms with van der Waals surface area (Å²) in [4.78, 5) is 49.2. The molecule has 4 aliphatic rings. The Hall–Kier alpha value is -2.54. The van der Waals surface area contributed by atoms with Crippen LogP contribution in [0.5, 0.6) is 0 Å². The van der Waals surface area contributed by atoms with E-state index in [4.69, 9.17) is 23.7 Å². The van der Waals surface area contributed by atoms with Gasteiger partial charge in [-0.1, -0.05) is 20.8 Å². The molecule has 2 saturated carbocycles. The molecule has 0 amide bonds. The van der Waals surface area contributed by atoms with Crippen molar-refractivity contribution < 1.29 is 58.2 Å². The Balaban J connectivity index is 2.08. The van der Waals surface area contributed by atoms with E-state index in [0.717, 1.165) is 0 Å². The second-order valence-corrected chi connectivity index (χ2v) is 12.4. The number of aliphatic hydroxyl groups is 3. The van der Waals surface area contributed by atoms with Gasteiger partial charge in [-0.25, -0.2) is 0 Å². The highest BCUT2D eigenvalue weighted by Crippen LogP contribution is 2.66. The number of rotatable bonds is 4. The molecule has 1 spiro atoms. The quantitative estimate of drug-likeness (QED) is 0.188. The highest BCUT2D eigenvalue weighted by molar-refractivity contribution is 5.69. The van der Waals surface area contributed by atoms with E-state index in [1.165, 1.54) is 27.7 Å². The van der Waals surface area contributed by atoms with E-state index in [2.05, 4.69) is 0 Å². The monoisotopic (exact) mass is 568 g/mol. The van der Waals surface area contributed by atoms with Crippen molar-refractivity contribution in [3.05, 3.63) is 11.1 Å². The van der Waals surface area contributed by atoms with Gasteiger partial charge in [0.05, 0.1) is 12.7 Å². The Morgan fingerprint density at radius 1 is 0.875 bits per heavy atom. The van der Waals surface area contributed by atoms with Crippen LogP contribution in [-0.4, -0.2) is 93.6 Å². The van der Waals surface area contributed by atoms with Gasteiger partial charge in [0.2, 0.25) is 0 Å². The molecule has 3 N–H and O–H groups in total. The second kappa shape index (κ2) is 9.78. The first kappa shape index (κ1) is 30.4. The summed E-state index contributed by atoms with van der Waals surface area (Å²) in [7, 11) is 0. The summed E-state index contributed by atoms with van der Waals surface area (Å²) in [5.74, 6) is -3.90. The molecular weight excluding hydrogens is 528 g/mol. The zero-order chi connectivity index (χ0) is 30.2. The molecule has 3 fully saturated rings. The zero-order valence-corrected chi connectivity index (χ0v) is 24.2. The lowest BCUT2D eigenvalue weighted by molar-refractivity contribution is -0.280. The number of esters is 4. The molecule has 4 rings (SSSR count). The third kappa shape index (κ3) is 4.34. The van der Waals surface area contributed by atoms with Crippen molar-refractivity contribution in [3.8, 4) is 0 Å². The van der Waals surface area contributed by atoms with Crippen LogP contribution in [0.25, 0.3) is 0 Å². The number of epoxide rings is 1. The van der Waals surface area contributed by atoms with Crippen molar-refractivity contribution in [2.75, 3.05) is 6.61 Å². The molecule has 12 nitrogen and oxygen atoms in total. The fourth-order valence-electron chi connectivity index (χ4n) is 7.73. The highest BCUT2D eigenvalue weighted by atomic mass is 16.6. The van der Waals surface area contributed by atoms with E-state index in [0.29, 0.717) is 5.57 Å². The van der Waals surface area contributed by atoms with Crippen LogP contribution >= 0.6 is 0 Å². The van der Waals surface area contributed by atoms with E-state index in [-0.39, 0.29) is 25.0 Å². The molecule has 40 heavy (non-hydrogen) atoms. The number of ether oxygens (including phenoxy) is 5. The Morgan fingerprint density at radius 2 is 1.40 bits per heavy atom. The Morgan fingerprint density at radius 3 is 1.88 bits per heavy atom. The smallest absolute Gasteiger partial charge is 0.303 e. The maximum Gasteiger partial charge on any atom is 0.303 e. The van der Waals surface area contributed by atoms with E-state index < -0.39 is 88.5 Å². The lowest BCUT2D eigenvalue weighted by Crippen LogP contribution is -2.76. The van der Waals surface area contributed by atoms with Crippen molar-refractivity contribution in [1.29, 1.82) is 0 Å². The Bertz CT molecular complexity index is 1140. The maximum atomic E-state index is 12.8. The summed E-state index contributed by atoms with van der Waals surface area (Å²) >= 11 is 0. The standard InChI is InChI=1S/C28H40O12/c1-12-17(37-13(2)29)10-28(35)24(40-16(5)32)22-26(8,18(33)9-19(38-14(3)30)27(22)11-36-27)23(34)21(39-15(4)31)20(12)25(28,6)7/h17-19,21-24,33-35H,9-11H2,1-8H3/t17-,18-,19-,21+,22-,23-,24-,26+,27-,28+/m0/s1. The molecule has 224 valence electrons. The van der Waals surface area contributed by atoms with Gasteiger partial charge in [0.25, 0.3) is 0 Å². The summed E-state index contributed by atoms with van der Waals surface area (Å²) < 4.78 is 28.8. The molecule has 1 saturated heterocycles. The van der Waals surface area contributed by atoms with Gasteiger partial charge in [0, 0.05) is 57.3 Å². The first-order valence-electron chi connectivity index (χ1n) is 13.5. The number of carbonyl (C=O) groups excluding carboxylic acids is 4. The van der Waals surface area contributed by atoms with Gasteiger partial charge < -0.3 is 39.0 Å². The van der Waals surface area contributed by atoms with E-state index in [9.17, 15) is 34.5 Å².